The monoisotopic (exact) mass is 395 g/mol. The summed E-state index contributed by atoms with van der Waals surface area (Å²) in [5.41, 5.74) is 1.35. The Labute approximate surface area is 169 Å². The second-order valence-corrected chi connectivity index (χ2v) is 8.89. The van der Waals surface area contributed by atoms with Crippen LogP contribution < -0.4 is 0 Å². The average molecular weight is 396 g/mol. The molecule has 1 fully saturated rings. The van der Waals surface area contributed by atoms with Crippen molar-refractivity contribution in [3.63, 3.8) is 0 Å². The van der Waals surface area contributed by atoms with E-state index < -0.39 is 23.8 Å². The Balaban J connectivity index is 2.22. The van der Waals surface area contributed by atoms with E-state index >= 15 is 0 Å². The van der Waals surface area contributed by atoms with Crippen LogP contribution in [0.1, 0.15) is 74.1 Å². The Morgan fingerprint density at radius 2 is 2.00 bits per heavy atom. The highest BCUT2D eigenvalue weighted by molar-refractivity contribution is 5.31. The van der Waals surface area contributed by atoms with E-state index in [1.807, 2.05) is 20.8 Å². The second-order valence-electron chi connectivity index (χ2n) is 8.89. The van der Waals surface area contributed by atoms with E-state index in [9.17, 15) is 10.4 Å². The molecule has 6 heteroatoms. The van der Waals surface area contributed by atoms with Crippen LogP contribution in [0, 0.1) is 16.7 Å². The summed E-state index contributed by atoms with van der Waals surface area (Å²) in [5.74, 6) is -0.713. The molecule has 160 valence electrons. The minimum Gasteiger partial charge on any atom is -0.392 e. The molecule has 0 bridgehead atoms. The number of ether oxygens (including phenoxy) is 4. The predicted molar refractivity (Wildman–Crippen MR) is 106 cm³/mol. The first-order chi connectivity index (χ1) is 13.0. The summed E-state index contributed by atoms with van der Waals surface area (Å²) in [6.07, 6.45) is 1.71. The summed E-state index contributed by atoms with van der Waals surface area (Å²) in [7, 11) is 0. The third kappa shape index (κ3) is 4.44. The van der Waals surface area contributed by atoms with Gasteiger partial charge in [0, 0.05) is 12.0 Å². The summed E-state index contributed by atoms with van der Waals surface area (Å²) in [5, 5.41) is 19.5. The van der Waals surface area contributed by atoms with Gasteiger partial charge in [-0.3, -0.25) is 0 Å². The molecule has 6 nitrogen and oxygen atoms in total. The minimum atomic E-state index is -0.713. The van der Waals surface area contributed by atoms with E-state index in [0.29, 0.717) is 19.4 Å². The first-order valence-corrected chi connectivity index (χ1v) is 10.4. The van der Waals surface area contributed by atoms with Crippen LogP contribution in [-0.2, 0) is 18.9 Å². The van der Waals surface area contributed by atoms with Crippen molar-refractivity contribution in [2.24, 2.45) is 5.41 Å². The highest BCUT2D eigenvalue weighted by Crippen LogP contribution is 2.57. The van der Waals surface area contributed by atoms with Gasteiger partial charge < -0.3 is 24.1 Å². The van der Waals surface area contributed by atoms with Crippen molar-refractivity contribution in [2.45, 2.75) is 104 Å². The van der Waals surface area contributed by atoms with E-state index in [1.165, 1.54) is 5.57 Å². The molecule has 1 spiro atoms. The lowest BCUT2D eigenvalue weighted by Crippen LogP contribution is -2.56. The highest BCUT2D eigenvalue weighted by Gasteiger charge is 2.62. The van der Waals surface area contributed by atoms with Gasteiger partial charge in [0.1, 0.15) is 11.7 Å². The molecular formula is C22H37NO5. The van der Waals surface area contributed by atoms with Gasteiger partial charge in [0.25, 0.3) is 0 Å². The fourth-order valence-corrected chi connectivity index (χ4v) is 4.93. The molecule has 1 N–H and O–H groups in total. The minimum absolute atomic E-state index is 0.0207. The van der Waals surface area contributed by atoms with E-state index in [4.69, 9.17) is 18.9 Å². The normalized spacial score (nSPS) is 31.0. The lowest BCUT2D eigenvalue weighted by Gasteiger charge is -2.51. The summed E-state index contributed by atoms with van der Waals surface area (Å²) in [6.45, 7) is 14.5. The van der Waals surface area contributed by atoms with E-state index in [2.05, 4.69) is 26.8 Å². The summed E-state index contributed by atoms with van der Waals surface area (Å²) in [4.78, 5) is 0. The molecule has 2 unspecified atom stereocenters. The van der Waals surface area contributed by atoms with Crippen LogP contribution in [0.5, 0.6) is 0 Å². The molecule has 1 aliphatic carbocycles. The van der Waals surface area contributed by atoms with Crippen LogP contribution in [0.4, 0.5) is 0 Å². The maximum atomic E-state index is 10.0. The largest absolute Gasteiger partial charge is 0.392 e. The van der Waals surface area contributed by atoms with Crippen molar-refractivity contribution in [1.82, 2.24) is 0 Å². The molecule has 0 aromatic heterocycles. The number of aliphatic hydroxyl groups excluding tert-OH is 1. The summed E-state index contributed by atoms with van der Waals surface area (Å²) >= 11 is 0. The molecular weight excluding hydrogens is 358 g/mol. The predicted octanol–water partition coefficient (Wildman–Crippen LogP) is 4.08. The molecule has 1 aliphatic heterocycles. The topological polar surface area (TPSA) is 80.9 Å². The van der Waals surface area contributed by atoms with Crippen LogP contribution in [0.3, 0.4) is 0 Å². The molecule has 0 amide bonds. The van der Waals surface area contributed by atoms with Crippen molar-refractivity contribution in [3.05, 3.63) is 11.1 Å². The number of nitrogens with zero attached hydrogens (tertiary/aromatic N) is 1. The molecule has 2 rings (SSSR count). The molecule has 0 aromatic rings. The second kappa shape index (κ2) is 8.81. The number of aliphatic hydroxyl groups is 1. The van der Waals surface area contributed by atoms with Crippen LogP contribution in [0.2, 0.25) is 0 Å². The van der Waals surface area contributed by atoms with E-state index in [-0.39, 0.29) is 18.1 Å². The molecule has 28 heavy (non-hydrogen) atoms. The van der Waals surface area contributed by atoms with Gasteiger partial charge in [-0.1, -0.05) is 19.4 Å². The first kappa shape index (κ1) is 23.3. The highest BCUT2D eigenvalue weighted by atomic mass is 16.8. The van der Waals surface area contributed by atoms with Gasteiger partial charge in [0.2, 0.25) is 0 Å². The van der Waals surface area contributed by atoms with Gasteiger partial charge in [-0.05, 0) is 65.9 Å². The van der Waals surface area contributed by atoms with Crippen molar-refractivity contribution < 1.29 is 24.1 Å². The standard InChI is InChI=1S/C22H37NO5/c1-8-25-16(3)26-17(13-23)9-10-19-22(28-21(6,7)27-19)12-11-15(2)18(14-24)20(22,4)5/h16-17,19,24H,8-12,14H2,1-7H3/t16?,17?,19-,22+/m0/s1. The Hall–Kier alpha value is -0.970. The molecule has 0 saturated carbocycles. The zero-order chi connectivity index (χ0) is 21.2. The molecule has 0 aromatic carbocycles. The van der Waals surface area contributed by atoms with Crippen LogP contribution >= 0.6 is 0 Å². The summed E-state index contributed by atoms with van der Waals surface area (Å²) < 4.78 is 24.0. The molecule has 0 radical (unpaired) electrons. The fraction of sp³-hybridized carbons (Fsp3) is 0.864. The maximum Gasteiger partial charge on any atom is 0.164 e. The smallest absolute Gasteiger partial charge is 0.164 e. The molecule has 2 aliphatic rings. The lowest BCUT2D eigenvalue weighted by molar-refractivity contribution is -0.186. The number of rotatable bonds is 8. The zero-order valence-corrected chi connectivity index (χ0v) is 18.5. The SMILES string of the molecule is CCOC(C)OC(C#N)CC[C@@H]1OC(C)(C)O[C@]12CCC(C)=C(CO)C2(C)C. The molecule has 1 heterocycles. The lowest BCUT2D eigenvalue weighted by atomic mass is 9.60. The number of hydrogen-bond donors (Lipinski definition) is 1. The maximum absolute atomic E-state index is 10.0. The third-order valence-corrected chi connectivity index (χ3v) is 6.32. The Morgan fingerprint density at radius 3 is 2.57 bits per heavy atom. The summed E-state index contributed by atoms with van der Waals surface area (Å²) in [6, 6.07) is 2.23. The van der Waals surface area contributed by atoms with E-state index in [0.717, 1.165) is 18.4 Å². The van der Waals surface area contributed by atoms with Crippen molar-refractivity contribution >= 4 is 0 Å². The third-order valence-electron chi connectivity index (χ3n) is 6.32. The van der Waals surface area contributed by atoms with Gasteiger partial charge in [-0.2, -0.15) is 5.26 Å². The quantitative estimate of drug-likeness (QED) is 0.493. The van der Waals surface area contributed by atoms with E-state index in [1.54, 1.807) is 6.92 Å². The van der Waals surface area contributed by atoms with Crippen molar-refractivity contribution in [3.8, 4) is 6.07 Å². The first-order valence-electron chi connectivity index (χ1n) is 10.4. The number of allylic oxidation sites excluding steroid dienone is 1. The Kier molecular flexibility index (Phi) is 7.33. The number of hydrogen-bond acceptors (Lipinski definition) is 6. The number of nitriles is 1. The van der Waals surface area contributed by atoms with Crippen molar-refractivity contribution in [2.75, 3.05) is 13.2 Å². The Morgan fingerprint density at radius 1 is 1.32 bits per heavy atom. The average Bonchev–Trinajstić information content (AvgIpc) is 2.87. The van der Waals surface area contributed by atoms with Gasteiger partial charge in [-0.15, -0.1) is 0 Å². The van der Waals surface area contributed by atoms with Gasteiger partial charge in [-0.25, -0.2) is 0 Å². The van der Waals surface area contributed by atoms with Crippen LogP contribution in [-0.4, -0.2) is 48.2 Å². The molecule has 4 atom stereocenters. The van der Waals surface area contributed by atoms with Gasteiger partial charge in [0.15, 0.2) is 12.1 Å². The zero-order valence-electron chi connectivity index (χ0n) is 18.5. The van der Waals surface area contributed by atoms with Crippen LogP contribution in [0.15, 0.2) is 11.1 Å². The van der Waals surface area contributed by atoms with Gasteiger partial charge in [0.05, 0.1) is 18.8 Å². The van der Waals surface area contributed by atoms with Crippen molar-refractivity contribution in [1.29, 1.82) is 5.26 Å². The fourth-order valence-electron chi connectivity index (χ4n) is 4.93. The van der Waals surface area contributed by atoms with Crippen LogP contribution in [0.25, 0.3) is 0 Å². The molecule has 1 saturated heterocycles. The van der Waals surface area contributed by atoms with Gasteiger partial charge >= 0.3 is 0 Å². The Bertz CT molecular complexity index is 621.